The maximum Gasteiger partial charge on any atom is 0.0984 e. The number of likely N-dealkylation sites (N-methyl/N-ethyl adjacent to an activating group) is 1. The second-order valence-corrected chi connectivity index (χ2v) is 4.08. The van der Waals surface area contributed by atoms with Crippen LogP contribution >= 0.6 is 0 Å². The molecular formula is C16H21NO. The standard InChI is InChI=1S/C16H21NO/c1-4-5-7-10-13(2)15(17-3)16(18)14-11-8-6-9-12-14/h4-12,15-18H,2H2,1,3H3/b5-4-,10-7-/t15-,16-/m1/s1. The van der Waals surface area contributed by atoms with Gasteiger partial charge in [0.2, 0.25) is 0 Å². The third kappa shape index (κ3) is 3.99. The summed E-state index contributed by atoms with van der Waals surface area (Å²) >= 11 is 0. The second kappa shape index (κ2) is 7.64. The van der Waals surface area contributed by atoms with Crippen LogP contribution in [0.2, 0.25) is 0 Å². The first-order chi connectivity index (χ1) is 8.70. The van der Waals surface area contributed by atoms with Gasteiger partial charge in [0.15, 0.2) is 0 Å². The quantitative estimate of drug-likeness (QED) is 0.753. The van der Waals surface area contributed by atoms with Crippen LogP contribution in [-0.4, -0.2) is 18.2 Å². The largest absolute Gasteiger partial charge is 0.386 e. The summed E-state index contributed by atoms with van der Waals surface area (Å²) in [5.74, 6) is 0. The van der Waals surface area contributed by atoms with Crippen molar-refractivity contribution >= 4 is 0 Å². The lowest BCUT2D eigenvalue weighted by Gasteiger charge is -2.23. The van der Waals surface area contributed by atoms with E-state index in [-0.39, 0.29) is 6.04 Å². The Hall–Kier alpha value is -1.64. The van der Waals surface area contributed by atoms with Crippen LogP contribution in [0.5, 0.6) is 0 Å². The first kappa shape index (κ1) is 14.4. The number of nitrogens with one attached hydrogen (secondary N) is 1. The molecule has 0 amide bonds. The fourth-order valence-corrected chi connectivity index (χ4v) is 1.78. The Bertz CT molecular complexity index is 420. The molecule has 18 heavy (non-hydrogen) atoms. The molecule has 1 aromatic rings. The predicted molar refractivity (Wildman–Crippen MR) is 77.3 cm³/mol. The molecule has 96 valence electrons. The second-order valence-electron chi connectivity index (χ2n) is 4.08. The van der Waals surface area contributed by atoms with Crippen molar-refractivity contribution in [2.24, 2.45) is 0 Å². The Balaban J connectivity index is 2.80. The van der Waals surface area contributed by atoms with Crippen LogP contribution in [0.4, 0.5) is 0 Å². The van der Waals surface area contributed by atoms with E-state index in [0.717, 1.165) is 11.1 Å². The van der Waals surface area contributed by atoms with Crippen molar-refractivity contribution in [2.45, 2.75) is 19.1 Å². The normalized spacial score (nSPS) is 15.1. The summed E-state index contributed by atoms with van der Waals surface area (Å²) < 4.78 is 0. The summed E-state index contributed by atoms with van der Waals surface area (Å²) in [5.41, 5.74) is 1.74. The molecule has 2 atom stereocenters. The van der Waals surface area contributed by atoms with E-state index in [1.807, 2.05) is 68.6 Å². The van der Waals surface area contributed by atoms with Crippen LogP contribution in [0.25, 0.3) is 0 Å². The molecule has 0 saturated heterocycles. The molecule has 0 fully saturated rings. The lowest BCUT2D eigenvalue weighted by molar-refractivity contribution is 0.148. The molecule has 0 spiro atoms. The fourth-order valence-electron chi connectivity index (χ4n) is 1.78. The first-order valence-corrected chi connectivity index (χ1v) is 6.09. The van der Waals surface area contributed by atoms with Gasteiger partial charge < -0.3 is 10.4 Å². The van der Waals surface area contributed by atoms with E-state index >= 15 is 0 Å². The highest BCUT2D eigenvalue weighted by atomic mass is 16.3. The number of hydrogen-bond donors (Lipinski definition) is 2. The third-order valence-corrected chi connectivity index (χ3v) is 2.78. The van der Waals surface area contributed by atoms with Gasteiger partial charge in [0.25, 0.3) is 0 Å². The van der Waals surface area contributed by atoms with Gasteiger partial charge in [-0.05, 0) is 25.1 Å². The average molecular weight is 243 g/mol. The molecule has 2 nitrogen and oxygen atoms in total. The maximum atomic E-state index is 10.3. The summed E-state index contributed by atoms with van der Waals surface area (Å²) in [6, 6.07) is 9.42. The molecule has 0 unspecified atom stereocenters. The van der Waals surface area contributed by atoms with Gasteiger partial charge in [0, 0.05) is 0 Å². The number of hydrogen-bond acceptors (Lipinski definition) is 2. The molecule has 2 heteroatoms. The lowest BCUT2D eigenvalue weighted by Crippen LogP contribution is -2.33. The molecule has 1 aromatic carbocycles. The predicted octanol–water partition coefficient (Wildman–Crippen LogP) is 3.00. The highest BCUT2D eigenvalue weighted by molar-refractivity contribution is 5.29. The van der Waals surface area contributed by atoms with Crippen LogP contribution in [0, 0.1) is 0 Å². The van der Waals surface area contributed by atoms with Crippen LogP contribution < -0.4 is 5.32 Å². The molecule has 0 radical (unpaired) electrons. The van der Waals surface area contributed by atoms with Crippen LogP contribution in [0.3, 0.4) is 0 Å². The highest BCUT2D eigenvalue weighted by Crippen LogP contribution is 2.21. The number of rotatable bonds is 6. The third-order valence-electron chi connectivity index (χ3n) is 2.78. The van der Waals surface area contributed by atoms with Gasteiger partial charge in [-0.2, -0.15) is 0 Å². The van der Waals surface area contributed by atoms with Crippen molar-refractivity contribution < 1.29 is 5.11 Å². The van der Waals surface area contributed by atoms with Crippen molar-refractivity contribution in [3.05, 3.63) is 72.4 Å². The van der Waals surface area contributed by atoms with Crippen LogP contribution in [0.15, 0.2) is 66.8 Å². The summed E-state index contributed by atoms with van der Waals surface area (Å²) in [5, 5.41) is 13.4. The molecular weight excluding hydrogens is 222 g/mol. The number of aliphatic hydroxyl groups excluding tert-OH is 1. The van der Waals surface area contributed by atoms with Crippen LogP contribution in [0.1, 0.15) is 18.6 Å². The van der Waals surface area contributed by atoms with Gasteiger partial charge in [-0.3, -0.25) is 0 Å². The van der Waals surface area contributed by atoms with Crippen molar-refractivity contribution in [3.8, 4) is 0 Å². The molecule has 0 aromatic heterocycles. The Morgan fingerprint density at radius 1 is 1.28 bits per heavy atom. The Morgan fingerprint density at radius 2 is 1.94 bits per heavy atom. The SMILES string of the molecule is C=C(/C=C\C=C/C)[C@@H](NC)[C@H](O)c1ccccc1. The molecule has 0 saturated carbocycles. The molecule has 0 bridgehead atoms. The van der Waals surface area contributed by atoms with Gasteiger partial charge in [0.1, 0.15) is 0 Å². The number of benzene rings is 1. The summed E-state index contributed by atoms with van der Waals surface area (Å²) in [7, 11) is 1.82. The van der Waals surface area contributed by atoms with Crippen LogP contribution in [-0.2, 0) is 0 Å². The topological polar surface area (TPSA) is 32.3 Å². The van der Waals surface area contributed by atoms with E-state index in [4.69, 9.17) is 0 Å². The van der Waals surface area contributed by atoms with Gasteiger partial charge >= 0.3 is 0 Å². The minimum atomic E-state index is -0.598. The Labute approximate surface area is 109 Å². The first-order valence-electron chi connectivity index (χ1n) is 6.09. The van der Waals surface area contributed by atoms with Gasteiger partial charge in [0.05, 0.1) is 12.1 Å². The summed E-state index contributed by atoms with van der Waals surface area (Å²) in [6.07, 6.45) is 7.12. The van der Waals surface area contributed by atoms with E-state index in [2.05, 4.69) is 11.9 Å². The highest BCUT2D eigenvalue weighted by Gasteiger charge is 2.20. The van der Waals surface area contributed by atoms with E-state index in [1.54, 1.807) is 0 Å². The van der Waals surface area contributed by atoms with Crippen molar-refractivity contribution in [2.75, 3.05) is 7.05 Å². The lowest BCUT2D eigenvalue weighted by atomic mass is 9.96. The molecule has 1 rings (SSSR count). The zero-order valence-corrected chi connectivity index (χ0v) is 11.0. The maximum absolute atomic E-state index is 10.3. The fraction of sp³-hybridized carbons (Fsp3) is 0.250. The van der Waals surface area contributed by atoms with Crippen molar-refractivity contribution in [3.63, 3.8) is 0 Å². The average Bonchev–Trinajstić information content (AvgIpc) is 2.41. The molecule has 0 aliphatic heterocycles. The van der Waals surface area contributed by atoms with E-state index in [0.29, 0.717) is 0 Å². The van der Waals surface area contributed by atoms with Gasteiger partial charge in [-0.1, -0.05) is 61.2 Å². The van der Waals surface area contributed by atoms with Gasteiger partial charge in [-0.15, -0.1) is 0 Å². The summed E-state index contributed by atoms with van der Waals surface area (Å²) in [4.78, 5) is 0. The van der Waals surface area contributed by atoms with E-state index in [9.17, 15) is 5.11 Å². The number of aliphatic hydroxyl groups is 1. The van der Waals surface area contributed by atoms with Crippen molar-refractivity contribution in [1.29, 1.82) is 0 Å². The monoisotopic (exact) mass is 243 g/mol. The molecule has 0 aliphatic rings. The molecule has 0 aliphatic carbocycles. The zero-order chi connectivity index (χ0) is 13.4. The smallest absolute Gasteiger partial charge is 0.0984 e. The minimum Gasteiger partial charge on any atom is -0.386 e. The zero-order valence-electron chi connectivity index (χ0n) is 11.0. The van der Waals surface area contributed by atoms with E-state index < -0.39 is 6.10 Å². The minimum absolute atomic E-state index is 0.186. The van der Waals surface area contributed by atoms with Crippen molar-refractivity contribution in [1.82, 2.24) is 5.32 Å². The number of allylic oxidation sites excluding steroid dienone is 3. The Kier molecular flexibility index (Phi) is 6.12. The van der Waals surface area contributed by atoms with E-state index in [1.165, 1.54) is 0 Å². The summed E-state index contributed by atoms with van der Waals surface area (Å²) in [6.45, 7) is 5.96. The molecule has 0 heterocycles. The Morgan fingerprint density at radius 3 is 2.50 bits per heavy atom. The van der Waals surface area contributed by atoms with Gasteiger partial charge in [-0.25, -0.2) is 0 Å². The molecule has 2 N–H and O–H groups in total.